The highest BCUT2D eigenvalue weighted by atomic mass is 16.5. The normalized spacial score (nSPS) is 15.3. The van der Waals surface area contributed by atoms with Crippen molar-refractivity contribution >= 4 is 11.9 Å². The van der Waals surface area contributed by atoms with Gasteiger partial charge >= 0.3 is 0 Å². The molecule has 1 aliphatic heterocycles. The van der Waals surface area contributed by atoms with E-state index >= 15 is 0 Å². The van der Waals surface area contributed by atoms with Gasteiger partial charge in [0.1, 0.15) is 0 Å². The second-order valence-corrected chi connectivity index (χ2v) is 7.75. The first-order valence-electron chi connectivity index (χ1n) is 9.85. The summed E-state index contributed by atoms with van der Waals surface area (Å²) in [5, 5.41) is 9.95. The highest BCUT2D eigenvalue weighted by Crippen LogP contribution is 2.35. The van der Waals surface area contributed by atoms with Gasteiger partial charge in [0, 0.05) is 24.6 Å². The standard InChI is InChI=1S/C24H31N3O/c1-6-26-27(7-2)15-24(16-28-17-24)14-25-22-13-12-19(4)23(20(22)5)21-11-9-8-10-18(21)3/h6-13,25H,2,14-17H2,1,3-5H3/b26-6-. The van der Waals surface area contributed by atoms with Crippen molar-refractivity contribution in [3.8, 4) is 11.1 Å². The lowest BCUT2D eigenvalue weighted by molar-refractivity contribution is -0.113. The Morgan fingerprint density at radius 2 is 1.89 bits per heavy atom. The van der Waals surface area contributed by atoms with Gasteiger partial charge in [-0.1, -0.05) is 36.9 Å². The van der Waals surface area contributed by atoms with Crippen LogP contribution < -0.4 is 5.32 Å². The summed E-state index contributed by atoms with van der Waals surface area (Å²) in [5.74, 6) is 0. The Morgan fingerprint density at radius 1 is 1.14 bits per heavy atom. The van der Waals surface area contributed by atoms with Crippen LogP contribution in [0.25, 0.3) is 11.1 Å². The van der Waals surface area contributed by atoms with Gasteiger partial charge in [-0.15, -0.1) is 0 Å². The van der Waals surface area contributed by atoms with E-state index in [9.17, 15) is 0 Å². The summed E-state index contributed by atoms with van der Waals surface area (Å²) in [5.41, 5.74) is 7.74. The highest BCUT2D eigenvalue weighted by molar-refractivity contribution is 5.78. The van der Waals surface area contributed by atoms with Crippen LogP contribution in [-0.4, -0.2) is 37.5 Å². The number of rotatable bonds is 8. The fourth-order valence-electron chi connectivity index (χ4n) is 3.87. The average molecular weight is 378 g/mol. The molecule has 0 aliphatic carbocycles. The van der Waals surface area contributed by atoms with Crippen molar-refractivity contribution < 1.29 is 4.74 Å². The fraction of sp³-hybridized carbons (Fsp3) is 0.375. The third kappa shape index (κ3) is 4.12. The molecule has 1 aliphatic rings. The van der Waals surface area contributed by atoms with Crippen LogP contribution in [0.1, 0.15) is 23.6 Å². The van der Waals surface area contributed by atoms with Crippen molar-refractivity contribution in [3.05, 3.63) is 65.9 Å². The quantitative estimate of drug-likeness (QED) is 0.510. The maximum Gasteiger partial charge on any atom is 0.0579 e. The predicted octanol–water partition coefficient (Wildman–Crippen LogP) is 5.16. The maximum absolute atomic E-state index is 5.56. The lowest BCUT2D eigenvalue weighted by Crippen LogP contribution is -2.53. The number of hydrazone groups is 1. The summed E-state index contributed by atoms with van der Waals surface area (Å²) < 4.78 is 5.56. The molecular weight excluding hydrogens is 346 g/mol. The molecular formula is C24H31N3O. The molecule has 1 fully saturated rings. The van der Waals surface area contributed by atoms with E-state index in [-0.39, 0.29) is 5.41 Å². The first-order chi connectivity index (χ1) is 13.5. The van der Waals surface area contributed by atoms with Crippen molar-refractivity contribution in [1.82, 2.24) is 5.01 Å². The number of aryl methyl sites for hydroxylation is 2. The van der Waals surface area contributed by atoms with Gasteiger partial charge < -0.3 is 10.1 Å². The number of hydrogen-bond donors (Lipinski definition) is 1. The van der Waals surface area contributed by atoms with Crippen LogP contribution in [0.15, 0.2) is 54.3 Å². The molecule has 0 unspecified atom stereocenters. The maximum atomic E-state index is 5.56. The molecule has 0 bridgehead atoms. The summed E-state index contributed by atoms with van der Waals surface area (Å²) >= 11 is 0. The van der Waals surface area contributed by atoms with Gasteiger partial charge in [-0.05, 0) is 61.6 Å². The molecule has 0 amide bonds. The zero-order valence-corrected chi connectivity index (χ0v) is 17.5. The molecule has 28 heavy (non-hydrogen) atoms. The monoisotopic (exact) mass is 377 g/mol. The molecule has 1 saturated heterocycles. The van der Waals surface area contributed by atoms with Gasteiger partial charge in [0.2, 0.25) is 0 Å². The Hall–Kier alpha value is -2.59. The number of nitrogens with one attached hydrogen (secondary N) is 1. The molecule has 0 radical (unpaired) electrons. The Morgan fingerprint density at radius 3 is 2.50 bits per heavy atom. The summed E-state index contributed by atoms with van der Waals surface area (Å²) in [7, 11) is 0. The number of benzene rings is 2. The van der Waals surface area contributed by atoms with Crippen molar-refractivity contribution in [2.75, 3.05) is 31.6 Å². The Bertz CT molecular complexity index is 868. The third-order valence-corrected chi connectivity index (χ3v) is 5.53. The lowest BCUT2D eigenvalue weighted by Gasteiger charge is -2.43. The minimum Gasteiger partial charge on any atom is -0.384 e. The first kappa shape index (κ1) is 20.2. The SMILES string of the molecule is C=CN(CC1(CNc2ccc(C)c(-c3ccccc3C)c2C)COC1)/N=C\C. The van der Waals surface area contributed by atoms with Gasteiger partial charge in [-0.2, -0.15) is 5.10 Å². The molecule has 3 rings (SSSR count). The van der Waals surface area contributed by atoms with Crippen molar-refractivity contribution in [3.63, 3.8) is 0 Å². The van der Waals surface area contributed by atoms with E-state index in [0.29, 0.717) is 0 Å². The highest BCUT2D eigenvalue weighted by Gasteiger charge is 2.40. The molecule has 0 saturated carbocycles. The van der Waals surface area contributed by atoms with Crippen LogP contribution in [0, 0.1) is 26.2 Å². The number of hydrogen-bond acceptors (Lipinski definition) is 4. The molecule has 1 heterocycles. The van der Waals surface area contributed by atoms with E-state index in [1.807, 2.05) is 11.9 Å². The largest absolute Gasteiger partial charge is 0.384 e. The van der Waals surface area contributed by atoms with Crippen LogP contribution in [-0.2, 0) is 4.74 Å². The second kappa shape index (κ2) is 8.61. The topological polar surface area (TPSA) is 36.9 Å². The minimum atomic E-state index is 0.0425. The molecule has 0 spiro atoms. The van der Waals surface area contributed by atoms with Crippen LogP contribution in [0.5, 0.6) is 0 Å². The van der Waals surface area contributed by atoms with E-state index in [0.717, 1.165) is 26.3 Å². The van der Waals surface area contributed by atoms with Crippen molar-refractivity contribution in [1.29, 1.82) is 0 Å². The summed E-state index contributed by atoms with van der Waals surface area (Å²) in [6.45, 7) is 15.5. The van der Waals surface area contributed by atoms with E-state index < -0.39 is 0 Å². The van der Waals surface area contributed by atoms with E-state index in [1.54, 1.807) is 12.4 Å². The zero-order chi connectivity index (χ0) is 20.1. The Kier molecular flexibility index (Phi) is 6.20. The number of anilines is 1. The Labute approximate surface area is 168 Å². The van der Waals surface area contributed by atoms with E-state index in [2.05, 4.69) is 74.2 Å². The van der Waals surface area contributed by atoms with Crippen LogP contribution in [0.3, 0.4) is 0 Å². The molecule has 1 N–H and O–H groups in total. The lowest BCUT2D eigenvalue weighted by atomic mass is 9.85. The smallest absolute Gasteiger partial charge is 0.0579 e. The molecule has 0 atom stereocenters. The minimum absolute atomic E-state index is 0.0425. The number of ether oxygens (including phenoxy) is 1. The summed E-state index contributed by atoms with van der Waals surface area (Å²) in [4.78, 5) is 0. The first-order valence-corrected chi connectivity index (χ1v) is 9.85. The van der Waals surface area contributed by atoms with Crippen LogP contribution in [0.4, 0.5) is 5.69 Å². The van der Waals surface area contributed by atoms with Crippen LogP contribution in [0.2, 0.25) is 0 Å². The molecule has 148 valence electrons. The van der Waals surface area contributed by atoms with Crippen LogP contribution >= 0.6 is 0 Å². The van der Waals surface area contributed by atoms with Gasteiger partial charge in [0.25, 0.3) is 0 Å². The predicted molar refractivity (Wildman–Crippen MR) is 119 cm³/mol. The third-order valence-electron chi connectivity index (χ3n) is 5.53. The zero-order valence-electron chi connectivity index (χ0n) is 17.5. The molecule has 2 aromatic rings. The Balaban J connectivity index is 1.82. The van der Waals surface area contributed by atoms with Crippen molar-refractivity contribution in [2.45, 2.75) is 27.7 Å². The average Bonchev–Trinajstić information content (AvgIpc) is 2.65. The van der Waals surface area contributed by atoms with Gasteiger partial charge in [0.05, 0.1) is 25.2 Å². The van der Waals surface area contributed by atoms with E-state index in [4.69, 9.17) is 4.74 Å². The number of nitrogens with zero attached hydrogens (tertiary/aromatic N) is 2. The summed E-state index contributed by atoms with van der Waals surface area (Å²) in [6, 6.07) is 13.0. The van der Waals surface area contributed by atoms with Gasteiger partial charge in [0.15, 0.2) is 0 Å². The molecule has 0 aromatic heterocycles. The molecule has 4 nitrogen and oxygen atoms in total. The summed E-state index contributed by atoms with van der Waals surface area (Å²) in [6.07, 6.45) is 3.56. The van der Waals surface area contributed by atoms with Crippen molar-refractivity contribution in [2.24, 2.45) is 10.5 Å². The molecule has 4 heteroatoms. The fourth-order valence-corrected chi connectivity index (χ4v) is 3.87. The van der Waals surface area contributed by atoms with E-state index in [1.165, 1.54) is 33.5 Å². The second-order valence-electron chi connectivity index (χ2n) is 7.75. The van der Waals surface area contributed by atoms with Gasteiger partial charge in [-0.3, -0.25) is 5.01 Å². The van der Waals surface area contributed by atoms with Gasteiger partial charge in [-0.25, -0.2) is 0 Å². The molecule has 2 aromatic carbocycles.